The minimum atomic E-state index is -0.174. The van der Waals surface area contributed by atoms with E-state index >= 15 is 0 Å². The van der Waals surface area contributed by atoms with Crippen LogP contribution in [-0.4, -0.2) is 12.4 Å². The highest BCUT2D eigenvalue weighted by Crippen LogP contribution is 2.41. The molecule has 2 aliphatic rings. The second-order valence-electron chi connectivity index (χ2n) is 2.98. The van der Waals surface area contributed by atoms with Gasteiger partial charge in [0.2, 0.25) is 0 Å². The fourth-order valence-corrected chi connectivity index (χ4v) is 1.46. The first-order valence-electron chi connectivity index (χ1n) is 3.69. The van der Waals surface area contributed by atoms with Crippen LogP contribution in [0.5, 0.6) is 0 Å². The molecule has 2 rings (SSSR count). The number of rotatable bonds is 2. The van der Waals surface area contributed by atoms with Crippen LogP contribution in [0.3, 0.4) is 0 Å². The highest BCUT2D eigenvalue weighted by molar-refractivity contribution is 5.58. The number of hydrogen-bond acceptors (Lipinski definition) is 2. The number of hydrogen-bond donors (Lipinski definition) is 0. The molecule has 0 aromatic heterocycles. The Hall–Kier alpha value is -0.790. The number of ether oxygens (including phenoxy) is 1. The highest BCUT2D eigenvalue weighted by Gasteiger charge is 2.37. The summed E-state index contributed by atoms with van der Waals surface area (Å²) in [6.45, 7) is 0. The second-order valence-corrected chi connectivity index (χ2v) is 2.98. The third kappa shape index (κ3) is 0.838. The van der Waals surface area contributed by atoms with E-state index in [1.54, 1.807) is 6.26 Å². The van der Waals surface area contributed by atoms with E-state index in [1.807, 2.05) is 6.08 Å². The molecule has 0 aromatic carbocycles. The maximum Gasteiger partial charge on any atom is 0.161 e. The van der Waals surface area contributed by atoms with Crippen LogP contribution in [-0.2, 0) is 9.53 Å². The molecule has 1 saturated carbocycles. The van der Waals surface area contributed by atoms with E-state index in [9.17, 15) is 4.79 Å². The zero-order valence-electron chi connectivity index (χ0n) is 5.69. The smallest absolute Gasteiger partial charge is 0.161 e. The van der Waals surface area contributed by atoms with Crippen LogP contribution in [0, 0.1) is 11.8 Å². The van der Waals surface area contributed by atoms with E-state index in [-0.39, 0.29) is 6.10 Å². The lowest BCUT2D eigenvalue weighted by molar-refractivity contribution is -0.116. The lowest BCUT2D eigenvalue weighted by Crippen LogP contribution is -2.19. The zero-order chi connectivity index (χ0) is 6.97. The molecule has 1 fully saturated rings. The third-order valence-corrected chi connectivity index (χ3v) is 2.22. The van der Waals surface area contributed by atoms with Gasteiger partial charge < -0.3 is 4.74 Å². The van der Waals surface area contributed by atoms with Gasteiger partial charge in [0.1, 0.15) is 0 Å². The predicted octanol–water partition coefficient (Wildman–Crippen LogP) is 1.12. The molecule has 0 spiro atoms. The van der Waals surface area contributed by atoms with Gasteiger partial charge in [0, 0.05) is 5.92 Å². The summed E-state index contributed by atoms with van der Waals surface area (Å²) < 4.78 is 5.07. The summed E-state index contributed by atoms with van der Waals surface area (Å²) in [7, 11) is 0. The molecule has 0 bridgehead atoms. The molecule has 1 heterocycles. The molecule has 2 atom stereocenters. The molecule has 0 N–H and O–H groups in total. The van der Waals surface area contributed by atoms with Gasteiger partial charge in [-0.3, -0.25) is 4.79 Å². The lowest BCUT2D eigenvalue weighted by atomic mass is 10.00. The van der Waals surface area contributed by atoms with Gasteiger partial charge in [-0.05, 0) is 24.8 Å². The van der Waals surface area contributed by atoms with Crippen molar-refractivity contribution in [3.63, 3.8) is 0 Å². The van der Waals surface area contributed by atoms with E-state index in [1.165, 1.54) is 12.8 Å². The Morgan fingerprint density at radius 2 is 2.30 bits per heavy atom. The zero-order valence-corrected chi connectivity index (χ0v) is 5.69. The molecular formula is C8H10O2. The Balaban J connectivity index is 2.03. The van der Waals surface area contributed by atoms with Crippen LogP contribution >= 0.6 is 0 Å². The van der Waals surface area contributed by atoms with Crippen molar-refractivity contribution in [3.8, 4) is 0 Å². The van der Waals surface area contributed by atoms with Crippen molar-refractivity contribution in [2.24, 2.45) is 11.8 Å². The standard InChI is InChI=1S/C8H10O2/c9-5-8-7(3-4-10-8)6-1-2-6/h3-8H,1-2H2. The average molecular weight is 138 g/mol. The summed E-state index contributed by atoms with van der Waals surface area (Å²) in [6.07, 6.45) is 6.93. The molecule has 10 heavy (non-hydrogen) atoms. The van der Waals surface area contributed by atoms with Gasteiger partial charge in [-0.25, -0.2) is 0 Å². The molecule has 2 nitrogen and oxygen atoms in total. The van der Waals surface area contributed by atoms with E-state index < -0.39 is 0 Å². The quantitative estimate of drug-likeness (QED) is 0.534. The fraction of sp³-hybridized carbons (Fsp3) is 0.625. The maximum atomic E-state index is 10.4. The van der Waals surface area contributed by atoms with Crippen molar-refractivity contribution in [1.29, 1.82) is 0 Å². The summed E-state index contributed by atoms with van der Waals surface area (Å²) in [6, 6.07) is 0. The molecular weight excluding hydrogens is 128 g/mol. The van der Waals surface area contributed by atoms with Crippen LogP contribution in [0.25, 0.3) is 0 Å². The monoisotopic (exact) mass is 138 g/mol. The fourth-order valence-electron chi connectivity index (χ4n) is 1.46. The van der Waals surface area contributed by atoms with E-state index in [2.05, 4.69) is 0 Å². The molecule has 0 aromatic rings. The van der Waals surface area contributed by atoms with Crippen LogP contribution in [0.1, 0.15) is 12.8 Å². The SMILES string of the molecule is O=CC1OC=CC1C1CC1. The van der Waals surface area contributed by atoms with Gasteiger partial charge in [0.15, 0.2) is 12.4 Å². The van der Waals surface area contributed by atoms with Crippen molar-refractivity contribution in [2.45, 2.75) is 18.9 Å². The van der Waals surface area contributed by atoms with E-state index in [0.29, 0.717) is 5.92 Å². The number of carbonyl (C=O) groups excluding carboxylic acids is 1. The third-order valence-electron chi connectivity index (χ3n) is 2.22. The van der Waals surface area contributed by atoms with Crippen molar-refractivity contribution in [2.75, 3.05) is 0 Å². The van der Waals surface area contributed by atoms with Gasteiger partial charge >= 0.3 is 0 Å². The van der Waals surface area contributed by atoms with Crippen LogP contribution in [0.15, 0.2) is 12.3 Å². The van der Waals surface area contributed by atoms with Crippen LogP contribution < -0.4 is 0 Å². The second kappa shape index (κ2) is 2.11. The molecule has 1 aliphatic carbocycles. The van der Waals surface area contributed by atoms with E-state index in [4.69, 9.17) is 4.74 Å². The van der Waals surface area contributed by atoms with Gasteiger partial charge in [0.05, 0.1) is 6.26 Å². The Morgan fingerprint density at radius 1 is 1.50 bits per heavy atom. The van der Waals surface area contributed by atoms with Crippen molar-refractivity contribution in [1.82, 2.24) is 0 Å². The topological polar surface area (TPSA) is 26.3 Å². The van der Waals surface area contributed by atoms with Gasteiger partial charge in [-0.1, -0.05) is 0 Å². The number of carbonyl (C=O) groups is 1. The molecule has 0 saturated heterocycles. The lowest BCUT2D eigenvalue weighted by Gasteiger charge is -2.10. The highest BCUT2D eigenvalue weighted by atomic mass is 16.5. The molecule has 54 valence electrons. The first kappa shape index (κ1) is 5.96. The molecule has 2 heteroatoms. The molecule has 1 aliphatic heterocycles. The first-order chi connectivity index (χ1) is 4.92. The Kier molecular flexibility index (Phi) is 1.26. The summed E-state index contributed by atoms with van der Waals surface area (Å²) in [4.78, 5) is 10.4. The molecule has 0 radical (unpaired) electrons. The first-order valence-corrected chi connectivity index (χ1v) is 3.69. The average Bonchev–Trinajstić information content (AvgIpc) is 2.69. The minimum absolute atomic E-state index is 0.174. The maximum absolute atomic E-state index is 10.4. The largest absolute Gasteiger partial charge is 0.490 e. The van der Waals surface area contributed by atoms with Crippen LogP contribution in [0.4, 0.5) is 0 Å². The van der Waals surface area contributed by atoms with Crippen molar-refractivity contribution >= 4 is 6.29 Å². The summed E-state index contributed by atoms with van der Waals surface area (Å²) >= 11 is 0. The van der Waals surface area contributed by atoms with Crippen molar-refractivity contribution < 1.29 is 9.53 Å². The number of aldehydes is 1. The van der Waals surface area contributed by atoms with Crippen LogP contribution in [0.2, 0.25) is 0 Å². The summed E-state index contributed by atoms with van der Waals surface area (Å²) in [5.41, 5.74) is 0. The predicted molar refractivity (Wildman–Crippen MR) is 36.3 cm³/mol. The summed E-state index contributed by atoms with van der Waals surface area (Å²) in [5.74, 6) is 1.12. The Labute approximate surface area is 59.9 Å². The Bertz CT molecular complexity index is 170. The molecule has 0 amide bonds. The van der Waals surface area contributed by atoms with Gasteiger partial charge in [0.25, 0.3) is 0 Å². The van der Waals surface area contributed by atoms with Gasteiger partial charge in [-0.2, -0.15) is 0 Å². The molecule has 2 unspecified atom stereocenters. The Morgan fingerprint density at radius 3 is 2.90 bits per heavy atom. The van der Waals surface area contributed by atoms with E-state index in [0.717, 1.165) is 12.2 Å². The normalized spacial score (nSPS) is 37.6. The minimum Gasteiger partial charge on any atom is -0.490 e. The van der Waals surface area contributed by atoms with Gasteiger partial charge in [-0.15, -0.1) is 0 Å². The summed E-state index contributed by atoms with van der Waals surface area (Å²) in [5, 5.41) is 0. The van der Waals surface area contributed by atoms with Crippen molar-refractivity contribution in [3.05, 3.63) is 12.3 Å².